The summed E-state index contributed by atoms with van der Waals surface area (Å²) in [7, 11) is 0. The summed E-state index contributed by atoms with van der Waals surface area (Å²) in [5.74, 6) is 0.548. The number of carbonyl (C=O) groups is 2. The van der Waals surface area contributed by atoms with E-state index in [1.807, 2.05) is 60.0 Å². The minimum absolute atomic E-state index is 0.160. The average molecular weight is 505 g/mol. The second-order valence-electron chi connectivity index (χ2n) is 9.46. The predicted molar refractivity (Wildman–Crippen MR) is 143 cm³/mol. The molecule has 2 amide bonds. The maximum atomic E-state index is 13.9. The summed E-state index contributed by atoms with van der Waals surface area (Å²) >= 11 is 1.41. The number of likely N-dealkylation sites (tertiary alicyclic amines) is 1. The Morgan fingerprint density at radius 2 is 1.89 bits per heavy atom. The highest BCUT2D eigenvalue weighted by atomic mass is 32.1. The molecular formula is C28H32N4O3S. The first kappa shape index (κ1) is 24.3. The predicted octanol–water partition coefficient (Wildman–Crippen LogP) is 6.21. The summed E-state index contributed by atoms with van der Waals surface area (Å²) in [4.78, 5) is 34.5. The molecule has 1 saturated heterocycles. The van der Waals surface area contributed by atoms with Gasteiger partial charge in [-0.2, -0.15) is 0 Å². The zero-order valence-corrected chi connectivity index (χ0v) is 21.2. The van der Waals surface area contributed by atoms with Crippen LogP contribution in [-0.2, 0) is 16.1 Å². The van der Waals surface area contributed by atoms with E-state index in [0.29, 0.717) is 24.0 Å². The van der Waals surface area contributed by atoms with Crippen LogP contribution in [-0.4, -0.2) is 41.0 Å². The number of benzene rings is 2. The van der Waals surface area contributed by atoms with Crippen LogP contribution in [0.3, 0.4) is 0 Å². The minimum atomic E-state index is -0.590. The van der Waals surface area contributed by atoms with Gasteiger partial charge in [0.05, 0.1) is 5.69 Å². The van der Waals surface area contributed by atoms with E-state index < -0.39 is 12.1 Å². The van der Waals surface area contributed by atoms with Crippen molar-refractivity contribution in [3.63, 3.8) is 0 Å². The summed E-state index contributed by atoms with van der Waals surface area (Å²) < 4.78 is 5.56. The molecule has 1 unspecified atom stereocenters. The van der Waals surface area contributed by atoms with Crippen LogP contribution in [0.2, 0.25) is 0 Å². The van der Waals surface area contributed by atoms with E-state index in [4.69, 9.17) is 4.74 Å². The molecule has 1 aromatic heterocycles. The van der Waals surface area contributed by atoms with Crippen molar-refractivity contribution >= 4 is 39.8 Å². The molecule has 2 heterocycles. The third kappa shape index (κ3) is 5.70. The van der Waals surface area contributed by atoms with Gasteiger partial charge < -0.3 is 10.1 Å². The number of anilines is 3. The van der Waals surface area contributed by atoms with Gasteiger partial charge in [0.15, 0.2) is 5.13 Å². The molecule has 8 heteroatoms. The lowest BCUT2D eigenvalue weighted by Gasteiger charge is -2.29. The second-order valence-corrected chi connectivity index (χ2v) is 10.3. The number of nitrogens with one attached hydrogen (secondary N) is 1. The quantitative estimate of drug-likeness (QED) is 0.395. The molecule has 0 spiro atoms. The van der Waals surface area contributed by atoms with E-state index in [1.165, 1.54) is 37.0 Å². The maximum Gasteiger partial charge on any atom is 0.410 e. The summed E-state index contributed by atoms with van der Waals surface area (Å²) in [6.45, 7) is 1.62. The highest BCUT2D eigenvalue weighted by Crippen LogP contribution is 2.33. The lowest BCUT2D eigenvalue weighted by atomic mass is 10.1. The van der Waals surface area contributed by atoms with Gasteiger partial charge in [-0.15, -0.1) is 11.3 Å². The van der Waals surface area contributed by atoms with Gasteiger partial charge in [-0.25, -0.2) is 9.78 Å². The van der Waals surface area contributed by atoms with Gasteiger partial charge in [0.25, 0.3) is 5.91 Å². The van der Waals surface area contributed by atoms with Gasteiger partial charge in [0.2, 0.25) is 0 Å². The van der Waals surface area contributed by atoms with Crippen LogP contribution in [0, 0.1) is 5.92 Å². The summed E-state index contributed by atoms with van der Waals surface area (Å²) in [6.07, 6.45) is 7.76. The normalized spacial score (nSPS) is 17.8. The fourth-order valence-corrected chi connectivity index (χ4v) is 5.75. The first-order valence-electron chi connectivity index (χ1n) is 12.7. The molecule has 7 nitrogen and oxygen atoms in total. The minimum Gasteiger partial charge on any atom is -0.445 e. The second kappa shape index (κ2) is 11.6. The Morgan fingerprint density at radius 3 is 2.67 bits per heavy atom. The van der Waals surface area contributed by atoms with Crippen molar-refractivity contribution in [2.24, 2.45) is 5.92 Å². The molecule has 2 aromatic carbocycles. The van der Waals surface area contributed by atoms with Crippen LogP contribution < -0.4 is 10.2 Å². The fourth-order valence-electron chi connectivity index (χ4n) is 5.08. The molecule has 1 aliphatic heterocycles. The molecule has 1 saturated carbocycles. The summed E-state index contributed by atoms with van der Waals surface area (Å²) in [5, 5.41) is 6.01. The van der Waals surface area contributed by atoms with Crippen molar-refractivity contribution in [3.05, 3.63) is 71.7 Å². The number of carbonyl (C=O) groups excluding carboxylic acids is 2. The number of ether oxygens (including phenoxy) is 1. The van der Waals surface area contributed by atoms with E-state index in [2.05, 4.69) is 10.3 Å². The van der Waals surface area contributed by atoms with Gasteiger partial charge in [-0.1, -0.05) is 49.2 Å². The molecule has 0 radical (unpaired) electrons. The number of nitrogens with zero attached hydrogens (tertiary/aromatic N) is 3. The molecule has 188 valence electrons. The fraction of sp³-hybridized carbons (Fsp3) is 0.393. The highest BCUT2D eigenvalue weighted by molar-refractivity contribution is 7.13. The van der Waals surface area contributed by atoms with Gasteiger partial charge in [-0.3, -0.25) is 14.6 Å². The molecule has 1 N–H and O–H groups in total. The zero-order chi connectivity index (χ0) is 24.7. The number of aromatic nitrogens is 1. The van der Waals surface area contributed by atoms with Crippen LogP contribution in [0.15, 0.2) is 66.2 Å². The number of amides is 2. The number of hydrogen-bond donors (Lipinski definition) is 1. The van der Waals surface area contributed by atoms with Gasteiger partial charge in [0, 0.05) is 30.4 Å². The standard InChI is InChI=1S/C28H32N4O3S/c33-26(25-14-7-16-31(25)28(34)35-20-22-10-2-1-3-11-22)32(27-29-15-17-36-27)24-13-6-12-23(18-24)30-19-21-8-4-5-9-21/h1-3,6,10-13,15,17-18,21,25,30H,4-5,7-9,14,16,19-20H2. The Morgan fingerprint density at radius 1 is 1.06 bits per heavy atom. The van der Waals surface area contributed by atoms with Crippen LogP contribution in [0.4, 0.5) is 21.3 Å². The van der Waals surface area contributed by atoms with E-state index in [0.717, 1.165) is 29.9 Å². The van der Waals surface area contributed by atoms with Crippen molar-refractivity contribution in [3.8, 4) is 0 Å². The van der Waals surface area contributed by atoms with Crippen LogP contribution in [0.5, 0.6) is 0 Å². The Labute approximate surface area is 216 Å². The van der Waals surface area contributed by atoms with Crippen molar-refractivity contribution in [1.29, 1.82) is 0 Å². The lowest BCUT2D eigenvalue weighted by Crippen LogP contribution is -2.46. The Bertz CT molecular complexity index is 1150. The summed E-state index contributed by atoms with van der Waals surface area (Å²) in [6, 6.07) is 16.9. The summed E-state index contributed by atoms with van der Waals surface area (Å²) in [5.41, 5.74) is 2.65. The maximum absolute atomic E-state index is 13.9. The third-order valence-corrected chi connectivity index (χ3v) is 7.74. The molecule has 36 heavy (non-hydrogen) atoms. The molecular weight excluding hydrogens is 472 g/mol. The van der Waals surface area contributed by atoms with Crippen LogP contribution in [0.25, 0.3) is 0 Å². The van der Waals surface area contributed by atoms with Crippen LogP contribution >= 0.6 is 11.3 Å². The molecule has 0 bridgehead atoms. The Hall–Kier alpha value is -3.39. The van der Waals surface area contributed by atoms with Crippen molar-refractivity contribution < 1.29 is 14.3 Å². The Balaban J connectivity index is 1.32. The topological polar surface area (TPSA) is 74.8 Å². The van der Waals surface area contributed by atoms with Gasteiger partial charge >= 0.3 is 6.09 Å². The van der Waals surface area contributed by atoms with E-state index >= 15 is 0 Å². The number of rotatable bonds is 8. The SMILES string of the molecule is O=C(C1CCCN1C(=O)OCc1ccccc1)N(c1cccc(NCC2CCCC2)c1)c1nccs1. The molecule has 1 aliphatic carbocycles. The van der Waals surface area contributed by atoms with Gasteiger partial charge in [0.1, 0.15) is 12.6 Å². The number of thiazole rings is 1. The highest BCUT2D eigenvalue weighted by Gasteiger charge is 2.39. The van der Waals surface area contributed by atoms with Crippen molar-refractivity contribution in [2.45, 2.75) is 51.2 Å². The first-order chi connectivity index (χ1) is 17.7. The van der Waals surface area contributed by atoms with Gasteiger partial charge in [-0.05, 0) is 55.4 Å². The molecule has 2 aliphatic rings. The lowest BCUT2D eigenvalue weighted by molar-refractivity contribution is -0.121. The van der Waals surface area contributed by atoms with E-state index in [1.54, 1.807) is 16.0 Å². The molecule has 3 aromatic rings. The molecule has 2 fully saturated rings. The third-order valence-electron chi connectivity index (χ3n) is 6.98. The van der Waals surface area contributed by atoms with E-state index in [9.17, 15) is 9.59 Å². The Kier molecular flexibility index (Phi) is 7.81. The van der Waals surface area contributed by atoms with Crippen molar-refractivity contribution in [1.82, 2.24) is 9.88 Å². The smallest absolute Gasteiger partial charge is 0.410 e. The zero-order valence-electron chi connectivity index (χ0n) is 20.3. The number of hydrogen-bond acceptors (Lipinski definition) is 6. The van der Waals surface area contributed by atoms with E-state index in [-0.39, 0.29) is 12.5 Å². The largest absolute Gasteiger partial charge is 0.445 e. The van der Waals surface area contributed by atoms with Crippen molar-refractivity contribution in [2.75, 3.05) is 23.3 Å². The molecule has 1 atom stereocenters. The monoisotopic (exact) mass is 504 g/mol. The molecule has 5 rings (SSSR count). The van der Waals surface area contributed by atoms with Crippen LogP contribution in [0.1, 0.15) is 44.1 Å². The first-order valence-corrected chi connectivity index (χ1v) is 13.6. The average Bonchev–Trinajstić information content (AvgIpc) is 3.70.